The summed E-state index contributed by atoms with van der Waals surface area (Å²) in [6.45, 7) is 0. The number of hydrogen-bond donors (Lipinski definition) is 1. The molecule has 0 bridgehead atoms. The first-order valence-corrected chi connectivity index (χ1v) is 10.9. The normalized spacial score (nSPS) is 17.2. The number of aliphatic imine (C=N–C) groups is 1. The fourth-order valence-electron chi connectivity index (χ4n) is 3.13. The van der Waals surface area contributed by atoms with Crippen LogP contribution in [0, 0.1) is 5.41 Å². The second kappa shape index (κ2) is 7.85. The van der Waals surface area contributed by atoms with Crippen LogP contribution in [0.25, 0.3) is 11.8 Å². The summed E-state index contributed by atoms with van der Waals surface area (Å²) < 4.78 is 5.86. The Morgan fingerprint density at radius 3 is 2.50 bits per heavy atom. The zero-order valence-corrected chi connectivity index (χ0v) is 17.2. The molecule has 146 valence electrons. The van der Waals surface area contributed by atoms with Gasteiger partial charge in [0, 0.05) is 10.3 Å². The summed E-state index contributed by atoms with van der Waals surface area (Å²) in [6, 6.07) is 23.3. The van der Waals surface area contributed by atoms with Crippen molar-refractivity contribution in [3.8, 4) is 0 Å². The van der Waals surface area contributed by atoms with E-state index in [2.05, 4.69) is 4.99 Å². The van der Waals surface area contributed by atoms with Gasteiger partial charge in [0.1, 0.15) is 11.6 Å². The molecule has 0 saturated carbocycles. The molecule has 1 N–H and O–H groups in total. The minimum atomic E-state index is -0.435. The molecule has 0 aliphatic carbocycles. The van der Waals surface area contributed by atoms with Gasteiger partial charge in [-0.15, -0.1) is 0 Å². The molecule has 0 unspecified atom stereocenters. The van der Waals surface area contributed by atoms with Crippen LogP contribution in [-0.4, -0.2) is 21.8 Å². The number of fused-ring (bicyclic) bond motifs is 1. The Morgan fingerprint density at radius 2 is 1.73 bits per heavy atom. The number of nitrogens with zero attached hydrogens (tertiary/aromatic N) is 2. The summed E-state index contributed by atoms with van der Waals surface area (Å²) in [5.74, 6) is 0.172. The largest absolute Gasteiger partial charge is 0.450 e. The number of carbonyl (C=O) groups is 1. The highest BCUT2D eigenvalue weighted by Gasteiger charge is 2.36. The minimum absolute atomic E-state index is 0.0961. The van der Waals surface area contributed by atoms with E-state index in [-0.39, 0.29) is 11.4 Å². The number of hydrogen-bond acceptors (Lipinski definition) is 5. The van der Waals surface area contributed by atoms with Gasteiger partial charge in [0.15, 0.2) is 10.3 Å². The van der Waals surface area contributed by atoms with E-state index in [4.69, 9.17) is 9.83 Å². The lowest BCUT2D eigenvalue weighted by atomic mass is 10.1. The zero-order chi connectivity index (χ0) is 20.5. The van der Waals surface area contributed by atoms with Crippen molar-refractivity contribution in [1.29, 1.82) is 5.41 Å². The maximum atomic E-state index is 12.6. The fraction of sp³-hybridized carbons (Fsp3) is 0. The maximum Gasteiger partial charge on any atom is 0.283 e. The number of amides is 1. The van der Waals surface area contributed by atoms with Crippen molar-refractivity contribution >= 4 is 52.2 Å². The minimum Gasteiger partial charge on any atom is -0.450 e. The SMILES string of the molecule is N=C1C(=Cc2ccc(Sc3ccccc3)o2)C(=O)N=C2SC=C(c3ccccc3)N12. The van der Waals surface area contributed by atoms with Gasteiger partial charge in [-0.3, -0.25) is 15.1 Å². The number of benzene rings is 2. The van der Waals surface area contributed by atoms with E-state index in [9.17, 15) is 4.79 Å². The standard InChI is InChI=1S/C23H15N3O2S2/c24-21-18(13-16-11-12-20(28-16)30-17-9-5-2-6-10-17)22(27)25-23-26(21)19(14-29-23)15-7-3-1-4-8-15/h1-14,24H. The topological polar surface area (TPSA) is 69.7 Å². The van der Waals surface area contributed by atoms with Crippen LogP contribution in [-0.2, 0) is 4.79 Å². The lowest BCUT2D eigenvalue weighted by Gasteiger charge is -2.26. The van der Waals surface area contributed by atoms with E-state index in [1.165, 1.54) is 23.5 Å². The molecule has 7 heteroatoms. The van der Waals surface area contributed by atoms with Crippen LogP contribution in [0.3, 0.4) is 0 Å². The third-order valence-corrected chi connectivity index (χ3v) is 6.29. The predicted molar refractivity (Wildman–Crippen MR) is 121 cm³/mol. The van der Waals surface area contributed by atoms with Gasteiger partial charge in [0.25, 0.3) is 5.91 Å². The Hall–Kier alpha value is -3.29. The van der Waals surface area contributed by atoms with E-state index in [0.717, 1.165) is 16.2 Å². The van der Waals surface area contributed by atoms with E-state index in [1.807, 2.05) is 72.1 Å². The molecule has 30 heavy (non-hydrogen) atoms. The molecule has 2 aliphatic rings. The average molecular weight is 430 g/mol. The van der Waals surface area contributed by atoms with Crippen molar-refractivity contribution in [2.24, 2.45) is 4.99 Å². The number of furan rings is 1. The van der Waals surface area contributed by atoms with Crippen molar-refractivity contribution in [1.82, 2.24) is 4.90 Å². The molecule has 3 aromatic rings. The second-order valence-electron chi connectivity index (χ2n) is 6.50. The summed E-state index contributed by atoms with van der Waals surface area (Å²) in [6.07, 6.45) is 1.59. The van der Waals surface area contributed by atoms with E-state index in [0.29, 0.717) is 16.0 Å². The third kappa shape index (κ3) is 3.53. The van der Waals surface area contributed by atoms with Crippen LogP contribution in [0.2, 0.25) is 0 Å². The summed E-state index contributed by atoms with van der Waals surface area (Å²) in [4.78, 5) is 19.5. The van der Waals surface area contributed by atoms with E-state index < -0.39 is 5.91 Å². The molecule has 2 aromatic carbocycles. The van der Waals surface area contributed by atoms with Crippen molar-refractivity contribution in [3.05, 3.63) is 95.1 Å². The molecule has 1 aromatic heterocycles. The Bertz CT molecular complexity index is 1230. The summed E-state index contributed by atoms with van der Waals surface area (Å²) in [7, 11) is 0. The molecule has 0 saturated heterocycles. The molecular weight excluding hydrogens is 414 g/mol. The summed E-state index contributed by atoms with van der Waals surface area (Å²) in [5, 5.41) is 11.8. The van der Waals surface area contributed by atoms with Crippen LogP contribution in [0.5, 0.6) is 0 Å². The van der Waals surface area contributed by atoms with Gasteiger partial charge in [-0.25, -0.2) is 0 Å². The number of amidine groups is 2. The van der Waals surface area contributed by atoms with E-state index >= 15 is 0 Å². The van der Waals surface area contributed by atoms with Crippen molar-refractivity contribution in [2.75, 3.05) is 0 Å². The molecule has 1 amide bonds. The Labute approximate surface area is 181 Å². The molecule has 0 atom stereocenters. The first kappa shape index (κ1) is 18.7. The fourth-order valence-corrected chi connectivity index (χ4v) is 4.82. The predicted octanol–water partition coefficient (Wildman–Crippen LogP) is 5.74. The van der Waals surface area contributed by atoms with Crippen molar-refractivity contribution < 1.29 is 9.21 Å². The first-order valence-electron chi connectivity index (χ1n) is 9.18. The molecule has 0 radical (unpaired) electrons. The highest BCUT2D eigenvalue weighted by Crippen LogP contribution is 2.37. The van der Waals surface area contributed by atoms with Gasteiger partial charge in [-0.05, 0) is 35.9 Å². The monoisotopic (exact) mass is 429 g/mol. The molecule has 2 aliphatic heterocycles. The van der Waals surface area contributed by atoms with Gasteiger partial charge in [0.2, 0.25) is 0 Å². The molecule has 5 nitrogen and oxygen atoms in total. The van der Waals surface area contributed by atoms with Gasteiger partial charge < -0.3 is 4.42 Å². The Kier molecular flexibility index (Phi) is 4.90. The smallest absolute Gasteiger partial charge is 0.283 e. The van der Waals surface area contributed by atoms with Crippen LogP contribution >= 0.6 is 23.5 Å². The molecule has 0 spiro atoms. The van der Waals surface area contributed by atoms with Gasteiger partial charge in [-0.1, -0.05) is 72.1 Å². The lowest BCUT2D eigenvalue weighted by molar-refractivity contribution is -0.114. The number of thioether (sulfide) groups is 1. The number of rotatable bonds is 4. The van der Waals surface area contributed by atoms with Crippen LogP contribution in [0.1, 0.15) is 11.3 Å². The van der Waals surface area contributed by atoms with Crippen molar-refractivity contribution in [2.45, 2.75) is 9.99 Å². The summed E-state index contributed by atoms with van der Waals surface area (Å²) in [5.41, 5.74) is 2.00. The number of nitrogens with one attached hydrogen (secondary N) is 1. The van der Waals surface area contributed by atoms with E-state index in [1.54, 1.807) is 17.0 Å². The summed E-state index contributed by atoms with van der Waals surface area (Å²) >= 11 is 2.85. The quantitative estimate of drug-likeness (QED) is 0.536. The first-order chi connectivity index (χ1) is 14.7. The van der Waals surface area contributed by atoms with Crippen LogP contribution in [0.4, 0.5) is 0 Å². The third-order valence-electron chi connectivity index (χ3n) is 4.53. The Morgan fingerprint density at radius 1 is 1.00 bits per heavy atom. The second-order valence-corrected chi connectivity index (χ2v) is 8.41. The average Bonchev–Trinajstić information content (AvgIpc) is 3.39. The Balaban J connectivity index is 1.43. The lowest BCUT2D eigenvalue weighted by Crippen LogP contribution is -2.37. The highest BCUT2D eigenvalue weighted by molar-refractivity contribution is 8.17. The maximum absolute atomic E-state index is 12.6. The van der Waals surface area contributed by atoms with Gasteiger partial charge in [-0.2, -0.15) is 4.99 Å². The van der Waals surface area contributed by atoms with Crippen LogP contribution in [0.15, 0.2) is 103 Å². The molecule has 0 fully saturated rings. The van der Waals surface area contributed by atoms with Gasteiger partial charge >= 0.3 is 0 Å². The molecular formula is C23H15N3O2S2. The number of carbonyl (C=O) groups excluding carboxylic acids is 1. The zero-order valence-electron chi connectivity index (χ0n) is 15.6. The molecule has 3 heterocycles. The molecule has 5 rings (SSSR count). The van der Waals surface area contributed by atoms with Crippen molar-refractivity contribution in [3.63, 3.8) is 0 Å². The highest BCUT2D eigenvalue weighted by atomic mass is 32.2. The van der Waals surface area contributed by atoms with Crippen LogP contribution < -0.4 is 0 Å². The van der Waals surface area contributed by atoms with Gasteiger partial charge in [0.05, 0.1) is 11.3 Å².